The van der Waals surface area contributed by atoms with E-state index in [2.05, 4.69) is 19.1 Å². The molecule has 0 unspecified atom stereocenters. The summed E-state index contributed by atoms with van der Waals surface area (Å²) in [5, 5.41) is 0. The summed E-state index contributed by atoms with van der Waals surface area (Å²) in [6.45, 7) is 2.14. The number of nitrogens with zero attached hydrogens (tertiary/aromatic N) is 1. The van der Waals surface area contributed by atoms with Gasteiger partial charge >= 0.3 is 8.80 Å². The topological polar surface area (TPSA) is 31.6 Å². The van der Waals surface area contributed by atoms with Crippen molar-refractivity contribution in [2.24, 2.45) is 0 Å². The molecule has 0 atom stereocenters. The predicted octanol–water partition coefficient (Wildman–Crippen LogP) is 0.954. The van der Waals surface area contributed by atoms with Gasteiger partial charge in [-0.15, -0.1) is 0 Å². The van der Waals surface area contributed by atoms with E-state index in [-0.39, 0.29) is 0 Å². The minimum atomic E-state index is -2.52. The van der Waals surface area contributed by atoms with Crippen molar-refractivity contribution in [2.75, 3.05) is 21.3 Å². The molecular formula is C11H20NO3Si+. The lowest BCUT2D eigenvalue weighted by molar-refractivity contribution is -0.685. The van der Waals surface area contributed by atoms with Crippen molar-refractivity contribution >= 4 is 8.80 Å². The van der Waals surface area contributed by atoms with Crippen molar-refractivity contribution in [3.8, 4) is 0 Å². The van der Waals surface area contributed by atoms with Gasteiger partial charge in [0, 0.05) is 33.5 Å². The Hall–Kier alpha value is -0.753. The Morgan fingerprint density at radius 2 is 1.56 bits per heavy atom. The van der Waals surface area contributed by atoms with Crippen LogP contribution in [0.15, 0.2) is 24.5 Å². The highest BCUT2D eigenvalue weighted by molar-refractivity contribution is 6.58. The molecule has 0 radical (unpaired) electrons. The SMILES string of the molecule is CCc1cc[n+](C[Si](OC)(OC)OC)cc1. The zero-order chi connectivity index (χ0) is 12.0. The molecule has 0 bridgehead atoms. The molecule has 4 nitrogen and oxygen atoms in total. The van der Waals surface area contributed by atoms with Gasteiger partial charge in [0.15, 0.2) is 12.4 Å². The van der Waals surface area contributed by atoms with Crippen molar-refractivity contribution in [3.63, 3.8) is 0 Å². The Morgan fingerprint density at radius 3 is 1.94 bits per heavy atom. The van der Waals surface area contributed by atoms with Gasteiger partial charge in [-0.3, -0.25) is 0 Å². The van der Waals surface area contributed by atoms with Gasteiger partial charge in [-0.25, -0.2) is 4.57 Å². The lowest BCUT2D eigenvalue weighted by Crippen LogP contribution is -2.56. The van der Waals surface area contributed by atoms with Crippen molar-refractivity contribution in [2.45, 2.75) is 19.5 Å². The van der Waals surface area contributed by atoms with E-state index in [1.807, 2.05) is 17.0 Å². The average Bonchev–Trinajstić information content (AvgIpc) is 2.37. The largest absolute Gasteiger partial charge is 0.569 e. The van der Waals surface area contributed by atoms with E-state index in [1.54, 1.807) is 21.3 Å². The third-order valence-corrected chi connectivity index (χ3v) is 5.30. The Balaban J connectivity index is 2.77. The van der Waals surface area contributed by atoms with E-state index in [4.69, 9.17) is 13.3 Å². The van der Waals surface area contributed by atoms with E-state index < -0.39 is 8.80 Å². The fourth-order valence-electron chi connectivity index (χ4n) is 1.50. The zero-order valence-electron chi connectivity index (χ0n) is 10.4. The van der Waals surface area contributed by atoms with E-state index in [9.17, 15) is 0 Å². The van der Waals surface area contributed by atoms with Gasteiger partial charge in [0.25, 0.3) is 0 Å². The van der Waals surface area contributed by atoms with Crippen molar-refractivity contribution in [1.82, 2.24) is 0 Å². The second-order valence-corrected chi connectivity index (χ2v) is 6.43. The number of aryl methyl sites for hydroxylation is 1. The maximum atomic E-state index is 5.37. The fraction of sp³-hybridized carbons (Fsp3) is 0.545. The summed E-state index contributed by atoms with van der Waals surface area (Å²) in [6.07, 6.45) is 5.72. The first-order valence-electron chi connectivity index (χ1n) is 5.33. The molecule has 0 N–H and O–H groups in total. The fourth-order valence-corrected chi connectivity index (χ4v) is 3.04. The summed E-state index contributed by atoms with van der Waals surface area (Å²) in [5.41, 5.74) is 1.32. The lowest BCUT2D eigenvalue weighted by atomic mass is 10.2. The van der Waals surface area contributed by atoms with Crippen molar-refractivity contribution in [1.29, 1.82) is 0 Å². The Kier molecular flexibility index (Phi) is 5.07. The van der Waals surface area contributed by atoms with Crippen LogP contribution in [0.5, 0.6) is 0 Å². The molecule has 0 aromatic carbocycles. The molecule has 5 heteroatoms. The van der Waals surface area contributed by atoms with Gasteiger partial charge < -0.3 is 13.3 Å². The van der Waals surface area contributed by atoms with E-state index in [0.717, 1.165) is 6.42 Å². The number of pyridine rings is 1. The predicted molar refractivity (Wildman–Crippen MR) is 62.8 cm³/mol. The first-order chi connectivity index (χ1) is 7.69. The van der Waals surface area contributed by atoms with Crippen LogP contribution in [-0.2, 0) is 25.9 Å². The Labute approximate surface area is 98.1 Å². The van der Waals surface area contributed by atoms with E-state index >= 15 is 0 Å². The third-order valence-electron chi connectivity index (χ3n) is 2.68. The van der Waals surface area contributed by atoms with Gasteiger partial charge in [-0.05, 0) is 12.0 Å². The molecule has 0 saturated carbocycles. The summed E-state index contributed by atoms with van der Waals surface area (Å²) in [4.78, 5) is 0. The molecule has 0 aliphatic carbocycles. The monoisotopic (exact) mass is 242 g/mol. The van der Waals surface area contributed by atoms with Crippen LogP contribution in [0.4, 0.5) is 0 Å². The summed E-state index contributed by atoms with van der Waals surface area (Å²) < 4.78 is 18.1. The summed E-state index contributed by atoms with van der Waals surface area (Å²) in [6, 6.07) is 4.19. The third kappa shape index (κ3) is 3.12. The van der Waals surface area contributed by atoms with Crippen LogP contribution >= 0.6 is 0 Å². The molecule has 0 amide bonds. The van der Waals surface area contributed by atoms with E-state index in [1.165, 1.54) is 5.56 Å². The van der Waals surface area contributed by atoms with Crippen LogP contribution in [0.3, 0.4) is 0 Å². The number of aromatic nitrogens is 1. The van der Waals surface area contributed by atoms with Gasteiger partial charge in [-0.2, -0.15) is 0 Å². The van der Waals surface area contributed by atoms with Crippen molar-refractivity contribution in [3.05, 3.63) is 30.1 Å². The standard InChI is InChI=1S/C11H20NO3Si/c1-5-11-6-8-12(9-7-11)10-16(13-2,14-3)15-4/h6-9H,5,10H2,1-4H3/q+1. The van der Waals surface area contributed by atoms with Crippen LogP contribution < -0.4 is 4.57 Å². The van der Waals surface area contributed by atoms with Gasteiger partial charge in [0.2, 0.25) is 6.17 Å². The van der Waals surface area contributed by atoms with Crippen LogP contribution in [0.1, 0.15) is 12.5 Å². The van der Waals surface area contributed by atoms with E-state index in [0.29, 0.717) is 6.17 Å². The molecule has 0 fully saturated rings. The molecular weight excluding hydrogens is 222 g/mol. The smallest absolute Gasteiger partial charge is 0.373 e. The highest BCUT2D eigenvalue weighted by atomic mass is 28.4. The maximum absolute atomic E-state index is 5.37. The van der Waals surface area contributed by atoms with Crippen molar-refractivity contribution < 1.29 is 17.8 Å². The molecule has 1 rings (SSSR count). The average molecular weight is 242 g/mol. The number of hydrogen-bond donors (Lipinski definition) is 0. The van der Waals surface area contributed by atoms with Crippen LogP contribution in [-0.4, -0.2) is 30.1 Å². The Morgan fingerprint density at radius 1 is 1.06 bits per heavy atom. The Bertz CT molecular complexity index is 303. The van der Waals surface area contributed by atoms with Gasteiger partial charge in [0.05, 0.1) is 0 Å². The molecule has 1 aromatic rings. The maximum Gasteiger partial charge on any atom is 0.569 e. The minimum Gasteiger partial charge on any atom is -0.373 e. The molecule has 16 heavy (non-hydrogen) atoms. The first-order valence-corrected chi connectivity index (χ1v) is 7.26. The van der Waals surface area contributed by atoms with Crippen LogP contribution in [0, 0.1) is 0 Å². The molecule has 1 heterocycles. The number of hydrogen-bond acceptors (Lipinski definition) is 3. The molecule has 90 valence electrons. The zero-order valence-corrected chi connectivity index (χ0v) is 11.4. The highest BCUT2D eigenvalue weighted by Gasteiger charge is 2.43. The van der Waals surface area contributed by atoms with Gasteiger partial charge in [0.1, 0.15) is 0 Å². The second kappa shape index (κ2) is 6.10. The molecule has 0 saturated heterocycles. The quantitative estimate of drug-likeness (QED) is 0.550. The summed E-state index contributed by atoms with van der Waals surface area (Å²) in [5.74, 6) is 0. The van der Waals surface area contributed by atoms with Crippen LogP contribution in [0.25, 0.3) is 0 Å². The van der Waals surface area contributed by atoms with Crippen LogP contribution in [0.2, 0.25) is 0 Å². The molecule has 0 spiro atoms. The highest BCUT2D eigenvalue weighted by Crippen LogP contribution is 2.05. The number of rotatable bonds is 6. The minimum absolute atomic E-state index is 0.625. The normalized spacial score (nSPS) is 11.8. The lowest BCUT2D eigenvalue weighted by Gasteiger charge is -2.20. The summed E-state index contributed by atoms with van der Waals surface area (Å²) in [7, 11) is 2.35. The first kappa shape index (κ1) is 13.3. The molecule has 1 aromatic heterocycles. The molecule has 0 aliphatic rings. The molecule has 0 aliphatic heterocycles. The summed E-state index contributed by atoms with van der Waals surface area (Å²) >= 11 is 0. The van der Waals surface area contributed by atoms with Gasteiger partial charge in [-0.1, -0.05) is 6.92 Å². The second-order valence-electron chi connectivity index (χ2n) is 3.53.